The van der Waals surface area contributed by atoms with Gasteiger partial charge in [0.15, 0.2) is 0 Å². The molecule has 2 rings (SSSR count). The number of nitrogens with two attached hydrogens (primary N) is 1. The van der Waals surface area contributed by atoms with E-state index in [0.717, 1.165) is 24.4 Å². The van der Waals surface area contributed by atoms with Gasteiger partial charge in [0.2, 0.25) is 5.91 Å². The molecule has 0 bridgehead atoms. The Hall–Kier alpha value is -1.06. The normalized spacial score (nSPS) is 16.8. The van der Waals surface area contributed by atoms with Crippen molar-refractivity contribution < 1.29 is 4.79 Å². The molecule has 0 aliphatic heterocycles. The number of carbonyl (C=O) groups is 1. The monoisotopic (exact) mass is 310 g/mol. The molecule has 21 heavy (non-hydrogen) atoms. The summed E-state index contributed by atoms with van der Waals surface area (Å²) in [6.45, 7) is 1.14. The van der Waals surface area contributed by atoms with Crippen LogP contribution in [0.1, 0.15) is 50.0 Å². The van der Waals surface area contributed by atoms with Crippen molar-refractivity contribution in [3.63, 3.8) is 0 Å². The minimum atomic E-state index is -0.220. The molecule has 1 atom stereocenters. The van der Waals surface area contributed by atoms with Gasteiger partial charge in [-0.2, -0.15) is 0 Å². The van der Waals surface area contributed by atoms with Gasteiger partial charge in [0.05, 0.1) is 5.92 Å². The molecular weight excluding hydrogens is 284 g/mol. The molecule has 3 N–H and O–H groups in total. The van der Waals surface area contributed by atoms with Crippen LogP contribution in [0.25, 0.3) is 0 Å². The van der Waals surface area contributed by atoms with E-state index >= 15 is 0 Å². The maximum Gasteiger partial charge on any atom is 0.228 e. The molecule has 1 aromatic carbocycles. The van der Waals surface area contributed by atoms with Crippen LogP contribution in [0, 0.1) is 5.92 Å². The lowest BCUT2D eigenvalue weighted by Gasteiger charge is -2.22. The zero-order chi connectivity index (χ0) is 14.2. The quantitative estimate of drug-likeness (QED) is 0.847. The molecule has 1 unspecified atom stereocenters. The molecular formula is C17H27ClN2O. The molecule has 0 radical (unpaired) electrons. The Kier molecular flexibility index (Phi) is 8.40. The van der Waals surface area contributed by atoms with Crippen LogP contribution in [-0.4, -0.2) is 19.0 Å². The standard InChI is InChI=1S/C17H26N2O.ClH/c18-13-16(15-9-5-2-6-10-15)17(20)19-12-11-14-7-3-1-4-8-14;/h2,5-6,9-10,14,16H,1,3-4,7-8,11-13,18H2,(H,19,20);1H. The smallest absolute Gasteiger partial charge is 0.228 e. The SMILES string of the molecule is Cl.NCC(C(=O)NCCC1CCCCC1)c1ccccc1. The van der Waals surface area contributed by atoms with E-state index in [2.05, 4.69) is 5.32 Å². The molecule has 118 valence electrons. The van der Waals surface area contributed by atoms with E-state index < -0.39 is 0 Å². The minimum absolute atomic E-state index is 0. The maximum absolute atomic E-state index is 12.2. The van der Waals surface area contributed by atoms with Gasteiger partial charge >= 0.3 is 0 Å². The molecule has 1 amide bonds. The predicted molar refractivity (Wildman–Crippen MR) is 89.7 cm³/mol. The Balaban J connectivity index is 0.00000220. The molecule has 1 aliphatic rings. The summed E-state index contributed by atoms with van der Waals surface area (Å²) in [5.74, 6) is 0.647. The molecule has 0 heterocycles. The molecule has 4 heteroatoms. The maximum atomic E-state index is 12.2. The van der Waals surface area contributed by atoms with Gasteiger partial charge in [0, 0.05) is 13.1 Å². The first-order valence-electron chi connectivity index (χ1n) is 7.84. The predicted octanol–water partition coefficient (Wildman–Crippen LogP) is 3.24. The van der Waals surface area contributed by atoms with Crippen LogP contribution in [0.5, 0.6) is 0 Å². The third kappa shape index (κ3) is 5.68. The van der Waals surface area contributed by atoms with Gasteiger partial charge in [0.25, 0.3) is 0 Å². The summed E-state index contributed by atoms with van der Waals surface area (Å²) in [6.07, 6.45) is 7.86. The van der Waals surface area contributed by atoms with Gasteiger partial charge in [-0.15, -0.1) is 12.4 Å². The van der Waals surface area contributed by atoms with Gasteiger partial charge in [-0.05, 0) is 17.9 Å². The highest BCUT2D eigenvalue weighted by molar-refractivity contribution is 5.85. The number of benzene rings is 1. The fourth-order valence-corrected chi connectivity index (χ4v) is 3.08. The second-order valence-electron chi connectivity index (χ2n) is 5.78. The van der Waals surface area contributed by atoms with Gasteiger partial charge in [-0.3, -0.25) is 4.79 Å². The zero-order valence-electron chi connectivity index (χ0n) is 12.6. The molecule has 1 fully saturated rings. The first kappa shape index (κ1) is 18.0. The van der Waals surface area contributed by atoms with Crippen molar-refractivity contribution in [1.82, 2.24) is 5.32 Å². The average Bonchev–Trinajstić information content (AvgIpc) is 2.50. The van der Waals surface area contributed by atoms with Crippen molar-refractivity contribution >= 4 is 18.3 Å². The van der Waals surface area contributed by atoms with Gasteiger partial charge in [0.1, 0.15) is 0 Å². The first-order valence-corrected chi connectivity index (χ1v) is 7.84. The van der Waals surface area contributed by atoms with Crippen molar-refractivity contribution in [3.8, 4) is 0 Å². The van der Waals surface area contributed by atoms with E-state index in [1.54, 1.807) is 0 Å². The average molecular weight is 311 g/mol. The van der Waals surface area contributed by atoms with Crippen molar-refractivity contribution in [2.45, 2.75) is 44.4 Å². The van der Waals surface area contributed by atoms with Crippen molar-refractivity contribution in [2.24, 2.45) is 11.7 Å². The summed E-state index contributed by atoms with van der Waals surface area (Å²) in [4.78, 5) is 12.2. The molecule has 3 nitrogen and oxygen atoms in total. The third-order valence-corrected chi connectivity index (χ3v) is 4.33. The fraction of sp³-hybridized carbons (Fsp3) is 0.588. The third-order valence-electron chi connectivity index (χ3n) is 4.33. The number of carbonyl (C=O) groups excluding carboxylic acids is 1. The second kappa shape index (κ2) is 9.80. The Morgan fingerprint density at radius 2 is 1.86 bits per heavy atom. The number of hydrogen-bond acceptors (Lipinski definition) is 2. The molecule has 1 saturated carbocycles. The minimum Gasteiger partial charge on any atom is -0.356 e. The summed E-state index contributed by atoms with van der Waals surface area (Å²) in [6, 6.07) is 9.80. The zero-order valence-corrected chi connectivity index (χ0v) is 13.4. The van der Waals surface area contributed by atoms with Crippen LogP contribution < -0.4 is 11.1 Å². The van der Waals surface area contributed by atoms with Crippen molar-refractivity contribution in [2.75, 3.05) is 13.1 Å². The van der Waals surface area contributed by atoms with E-state index in [0.29, 0.717) is 6.54 Å². The molecule has 0 saturated heterocycles. The Morgan fingerprint density at radius 3 is 2.48 bits per heavy atom. The largest absolute Gasteiger partial charge is 0.356 e. The van der Waals surface area contributed by atoms with Gasteiger partial charge in [-0.25, -0.2) is 0 Å². The number of amides is 1. The number of hydrogen-bond donors (Lipinski definition) is 2. The lowest BCUT2D eigenvalue weighted by Crippen LogP contribution is -2.34. The number of nitrogens with one attached hydrogen (secondary N) is 1. The van der Waals surface area contributed by atoms with Crippen LogP contribution in [0.15, 0.2) is 30.3 Å². The van der Waals surface area contributed by atoms with E-state index in [9.17, 15) is 4.79 Å². The van der Waals surface area contributed by atoms with Crippen LogP contribution in [0.2, 0.25) is 0 Å². The lowest BCUT2D eigenvalue weighted by molar-refractivity contribution is -0.122. The van der Waals surface area contributed by atoms with Gasteiger partial charge < -0.3 is 11.1 Å². The van der Waals surface area contributed by atoms with Crippen molar-refractivity contribution in [1.29, 1.82) is 0 Å². The number of halogens is 1. The van der Waals surface area contributed by atoms with E-state index in [1.165, 1.54) is 32.1 Å². The topological polar surface area (TPSA) is 55.1 Å². The lowest BCUT2D eigenvalue weighted by atomic mass is 9.87. The van der Waals surface area contributed by atoms with Crippen molar-refractivity contribution in [3.05, 3.63) is 35.9 Å². The highest BCUT2D eigenvalue weighted by atomic mass is 35.5. The second-order valence-corrected chi connectivity index (χ2v) is 5.78. The van der Waals surface area contributed by atoms with Crippen LogP contribution in [-0.2, 0) is 4.79 Å². The molecule has 1 aliphatic carbocycles. The highest BCUT2D eigenvalue weighted by Gasteiger charge is 2.19. The summed E-state index contributed by atoms with van der Waals surface area (Å²) < 4.78 is 0. The van der Waals surface area contributed by atoms with E-state index in [1.807, 2.05) is 30.3 Å². The molecule has 0 aromatic heterocycles. The molecule has 1 aromatic rings. The van der Waals surface area contributed by atoms with E-state index in [4.69, 9.17) is 5.73 Å². The summed E-state index contributed by atoms with van der Waals surface area (Å²) in [5.41, 5.74) is 6.76. The first-order chi connectivity index (χ1) is 9.81. The Labute approximate surface area is 134 Å². The Morgan fingerprint density at radius 1 is 1.19 bits per heavy atom. The van der Waals surface area contributed by atoms with Gasteiger partial charge in [-0.1, -0.05) is 62.4 Å². The van der Waals surface area contributed by atoms with Crippen LogP contribution >= 0.6 is 12.4 Å². The van der Waals surface area contributed by atoms with Crippen LogP contribution in [0.4, 0.5) is 0 Å². The molecule has 0 spiro atoms. The summed E-state index contributed by atoms with van der Waals surface area (Å²) in [7, 11) is 0. The fourth-order valence-electron chi connectivity index (χ4n) is 3.08. The Bertz CT molecular complexity index is 405. The summed E-state index contributed by atoms with van der Waals surface area (Å²) >= 11 is 0. The highest BCUT2D eigenvalue weighted by Crippen LogP contribution is 2.25. The van der Waals surface area contributed by atoms with E-state index in [-0.39, 0.29) is 24.2 Å². The number of rotatable bonds is 6. The summed E-state index contributed by atoms with van der Waals surface area (Å²) in [5, 5.41) is 3.06. The van der Waals surface area contributed by atoms with Crippen LogP contribution in [0.3, 0.4) is 0 Å².